The third kappa shape index (κ3) is 3.99. The molecule has 0 bridgehead atoms. The maximum atomic E-state index is 11.7. The van der Waals surface area contributed by atoms with Crippen LogP contribution < -0.4 is 10.6 Å². The number of amides is 1. The molecule has 2 N–H and O–H groups in total. The van der Waals surface area contributed by atoms with E-state index in [4.69, 9.17) is 0 Å². The average molecular weight is 276 g/mol. The Labute approximate surface area is 120 Å². The Bertz CT molecular complexity index is 444. The molecular formula is C15H24N4O. The highest BCUT2D eigenvalue weighted by atomic mass is 16.2. The van der Waals surface area contributed by atoms with Crippen molar-refractivity contribution in [3.8, 4) is 0 Å². The first-order chi connectivity index (χ1) is 9.79. The predicted molar refractivity (Wildman–Crippen MR) is 78.5 cm³/mol. The highest BCUT2D eigenvalue weighted by Crippen LogP contribution is 2.21. The molecule has 20 heavy (non-hydrogen) atoms. The molecule has 1 aromatic heterocycles. The molecule has 2 fully saturated rings. The second kappa shape index (κ2) is 6.29. The first-order valence-electron chi connectivity index (χ1n) is 7.88. The van der Waals surface area contributed by atoms with Crippen molar-refractivity contribution < 1.29 is 4.79 Å². The van der Waals surface area contributed by atoms with Crippen LogP contribution in [0.4, 0.5) is 5.69 Å². The lowest BCUT2D eigenvalue weighted by Crippen LogP contribution is -2.29. The van der Waals surface area contributed by atoms with E-state index in [0.717, 1.165) is 18.5 Å². The van der Waals surface area contributed by atoms with Gasteiger partial charge in [-0.05, 0) is 25.7 Å². The van der Waals surface area contributed by atoms with E-state index in [2.05, 4.69) is 15.7 Å². The lowest BCUT2D eigenvalue weighted by molar-refractivity contribution is -0.122. The first kappa shape index (κ1) is 13.5. The smallest absolute Gasteiger partial charge is 0.241 e. The average Bonchev–Trinajstić information content (AvgIpc) is 3.17. The molecule has 0 unspecified atom stereocenters. The number of aromatic nitrogens is 2. The fraction of sp³-hybridized carbons (Fsp3) is 0.733. The number of nitrogens with one attached hydrogen (secondary N) is 2. The number of hydrogen-bond donors (Lipinski definition) is 2. The fourth-order valence-electron chi connectivity index (χ4n) is 2.83. The first-order valence-corrected chi connectivity index (χ1v) is 7.88. The molecule has 2 aliphatic carbocycles. The molecule has 110 valence electrons. The summed E-state index contributed by atoms with van der Waals surface area (Å²) in [7, 11) is 0. The van der Waals surface area contributed by atoms with Gasteiger partial charge in [0.05, 0.1) is 11.9 Å². The Balaban J connectivity index is 1.48. The molecule has 0 saturated heterocycles. The molecule has 0 aromatic carbocycles. The van der Waals surface area contributed by atoms with Gasteiger partial charge in [-0.15, -0.1) is 0 Å². The summed E-state index contributed by atoms with van der Waals surface area (Å²) in [5, 5.41) is 10.8. The number of carbonyl (C=O) groups is 1. The summed E-state index contributed by atoms with van der Waals surface area (Å²) in [5.41, 5.74) is 1.04. The Kier molecular flexibility index (Phi) is 4.23. The monoisotopic (exact) mass is 276 g/mol. The van der Waals surface area contributed by atoms with Gasteiger partial charge in [-0.25, -0.2) is 0 Å². The van der Waals surface area contributed by atoms with Gasteiger partial charge in [-0.3, -0.25) is 9.48 Å². The van der Waals surface area contributed by atoms with Crippen LogP contribution in [0.2, 0.25) is 0 Å². The van der Waals surface area contributed by atoms with E-state index < -0.39 is 0 Å². The third-order valence-corrected chi connectivity index (χ3v) is 4.11. The van der Waals surface area contributed by atoms with Crippen molar-refractivity contribution in [1.29, 1.82) is 0 Å². The van der Waals surface area contributed by atoms with Crippen LogP contribution in [0.5, 0.6) is 0 Å². The van der Waals surface area contributed by atoms with E-state index in [-0.39, 0.29) is 5.91 Å². The second-order valence-corrected chi connectivity index (χ2v) is 6.10. The van der Waals surface area contributed by atoms with Gasteiger partial charge in [0.1, 0.15) is 6.54 Å². The summed E-state index contributed by atoms with van der Waals surface area (Å²) in [6, 6.07) is 0.983. The number of carbonyl (C=O) groups excluding carboxylic acids is 1. The van der Waals surface area contributed by atoms with Crippen molar-refractivity contribution in [2.45, 2.75) is 70.0 Å². The number of anilines is 1. The summed E-state index contributed by atoms with van der Waals surface area (Å²) < 4.78 is 1.72. The Morgan fingerprint density at radius 2 is 1.90 bits per heavy atom. The van der Waals surface area contributed by atoms with Gasteiger partial charge in [-0.1, -0.05) is 25.7 Å². The van der Waals surface area contributed by atoms with Gasteiger partial charge in [-0.2, -0.15) is 5.10 Å². The van der Waals surface area contributed by atoms with Crippen molar-refractivity contribution in [1.82, 2.24) is 15.1 Å². The third-order valence-electron chi connectivity index (χ3n) is 4.11. The maximum Gasteiger partial charge on any atom is 0.241 e. The van der Waals surface area contributed by atoms with Crippen molar-refractivity contribution in [3.63, 3.8) is 0 Å². The molecule has 2 aliphatic rings. The second-order valence-electron chi connectivity index (χ2n) is 6.10. The highest BCUT2D eigenvalue weighted by molar-refractivity contribution is 5.76. The maximum absolute atomic E-state index is 11.7. The van der Waals surface area contributed by atoms with E-state index in [0.29, 0.717) is 18.6 Å². The summed E-state index contributed by atoms with van der Waals surface area (Å²) in [6.07, 6.45) is 13.9. The zero-order chi connectivity index (χ0) is 13.8. The minimum absolute atomic E-state index is 0.0663. The molecule has 2 saturated carbocycles. The Morgan fingerprint density at radius 1 is 1.15 bits per heavy atom. The normalized spacial score (nSPS) is 20.4. The standard InChI is InChI=1S/C15H24N4O/c20-15(18-13-7-8-13)11-19-10-14(9-16-19)17-12-5-3-1-2-4-6-12/h9-10,12-13,17H,1-8,11H2,(H,18,20). The topological polar surface area (TPSA) is 59.0 Å². The van der Waals surface area contributed by atoms with Gasteiger partial charge >= 0.3 is 0 Å². The molecule has 1 amide bonds. The van der Waals surface area contributed by atoms with Gasteiger partial charge in [0, 0.05) is 18.3 Å². The largest absolute Gasteiger partial charge is 0.380 e. The number of rotatable bonds is 5. The van der Waals surface area contributed by atoms with Crippen LogP contribution in [0.25, 0.3) is 0 Å². The quantitative estimate of drug-likeness (QED) is 0.811. The molecule has 0 spiro atoms. The molecule has 0 atom stereocenters. The summed E-state index contributed by atoms with van der Waals surface area (Å²) in [4.78, 5) is 11.7. The highest BCUT2D eigenvalue weighted by Gasteiger charge is 2.23. The minimum Gasteiger partial charge on any atom is -0.380 e. The van der Waals surface area contributed by atoms with Crippen LogP contribution in [0.1, 0.15) is 51.4 Å². The summed E-state index contributed by atoms with van der Waals surface area (Å²) in [6.45, 7) is 0.322. The van der Waals surface area contributed by atoms with Crippen molar-refractivity contribution in [3.05, 3.63) is 12.4 Å². The lowest BCUT2D eigenvalue weighted by atomic mass is 10.1. The fourth-order valence-corrected chi connectivity index (χ4v) is 2.83. The van der Waals surface area contributed by atoms with Crippen LogP contribution in [0, 0.1) is 0 Å². The van der Waals surface area contributed by atoms with E-state index in [1.54, 1.807) is 4.68 Å². The summed E-state index contributed by atoms with van der Waals surface area (Å²) >= 11 is 0. The molecule has 0 radical (unpaired) electrons. The molecule has 1 heterocycles. The molecule has 1 aromatic rings. The van der Waals surface area contributed by atoms with Crippen molar-refractivity contribution in [2.75, 3.05) is 5.32 Å². The van der Waals surface area contributed by atoms with Crippen LogP contribution in [0.15, 0.2) is 12.4 Å². The van der Waals surface area contributed by atoms with Gasteiger partial charge < -0.3 is 10.6 Å². The van der Waals surface area contributed by atoms with E-state index >= 15 is 0 Å². The minimum atomic E-state index is 0.0663. The molecule has 5 nitrogen and oxygen atoms in total. The lowest BCUT2D eigenvalue weighted by Gasteiger charge is -2.15. The zero-order valence-corrected chi connectivity index (χ0v) is 12.0. The zero-order valence-electron chi connectivity index (χ0n) is 12.0. The van der Waals surface area contributed by atoms with Gasteiger partial charge in [0.2, 0.25) is 5.91 Å². The van der Waals surface area contributed by atoms with Crippen molar-refractivity contribution in [2.24, 2.45) is 0 Å². The Hall–Kier alpha value is -1.52. The SMILES string of the molecule is O=C(Cn1cc(NC2CCCCCC2)cn1)NC1CC1. The summed E-state index contributed by atoms with van der Waals surface area (Å²) in [5.74, 6) is 0.0663. The Morgan fingerprint density at radius 3 is 2.60 bits per heavy atom. The number of hydrogen-bond acceptors (Lipinski definition) is 3. The van der Waals surface area contributed by atoms with Gasteiger partial charge in [0.15, 0.2) is 0 Å². The molecule has 5 heteroatoms. The number of nitrogens with zero attached hydrogens (tertiary/aromatic N) is 2. The predicted octanol–water partition coefficient (Wildman–Crippen LogP) is 2.30. The van der Waals surface area contributed by atoms with E-state index in [9.17, 15) is 4.79 Å². The van der Waals surface area contributed by atoms with Crippen LogP contribution in [0.3, 0.4) is 0 Å². The van der Waals surface area contributed by atoms with Crippen LogP contribution in [-0.4, -0.2) is 27.8 Å². The van der Waals surface area contributed by atoms with E-state index in [1.807, 2.05) is 12.4 Å². The molecule has 0 aliphatic heterocycles. The van der Waals surface area contributed by atoms with Crippen LogP contribution >= 0.6 is 0 Å². The van der Waals surface area contributed by atoms with Crippen LogP contribution in [-0.2, 0) is 11.3 Å². The van der Waals surface area contributed by atoms with Crippen molar-refractivity contribution >= 4 is 11.6 Å². The van der Waals surface area contributed by atoms with Gasteiger partial charge in [0.25, 0.3) is 0 Å². The molecular weight excluding hydrogens is 252 g/mol. The van der Waals surface area contributed by atoms with E-state index in [1.165, 1.54) is 38.5 Å². The molecule has 3 rings (SSSR count).